The van der Waals surface area contributed by atoms with Crippen molar-refractivity contribution in [1.82, 2.24) is 5.32 Å². The van der Waals surface area contributed by atoms with Gasteiger partial charge >= 0.3 is 0 Å². The Morgan fingerprint density at radius 2 is 1.75 bits per heavy atom. The summed E-state index contributed by atoms with van der Waals surface area (Å²) in [4.78, 5) is 10.7. The Labute approximate surface area is 72.7 Å². The van der Waals surface area contributed by atoms with Gasteiger partial charge in [-0.3, -0.25) is 4.79 Å². The average Bonchev–Trinajstić information content (AvgIpc) is 2.05. The van der Waals surface area contributed by atoms with Crippen molar-refractivity contribution in [2.75, 3.05) is 0 Å². The molecule has 2 heteroatoms. The van der Waals surface area contributed by atoms with Crippen LogP contribution in [0.25, 0.3) is 0 Å². The highest BCUT2D eigenvalue weighted by atomic mass is 16.1. The van der Waals surface area contributed by atoms with E-state index in [2.05, 4.69) is 17.2 Å². The summed E-state index contributed by atoms with van der Waals surface area (Å²) in [5.74, 6) is 6.25. The highest BCUT2D eigenvalue weighted by Crippen LogP contribution is 1.94. The van der Waals surface area contributed by atoms with Gasteiger partial charge in [-0.2, -0.15) is 0 Å². The summed E-state index contributed by atoms with van der Waals surface area (Å²) in [5.41, 5.74) is 0. The van der Waals surface area contributed by atoms with Crippen molar-refractivity contribution in [3.8, 4) is 37.0 Å². The van der Waals surface area contributed by atoms with Gasteiger partial charge in [0, 0.05) is 12.8 Å². The molecule has 2 nitrogen and oxygen atoms in total. The lowest BCUT2D eigenvalue weighted by molar-refractivity contribution is -0.116. The third kappa shape index (κ3) is 4.04. The highest BCUT2D eigenvalue weighted by Gasteiger charge is 2.06. The van der Waals surface area contributed by atoms with Gasteiger partial charge in [-0.15, -0.1) is 31.1 Å². The van der Waals surface area contributed by atoms with Gasteiger partial charge in [0.2, 0.25) is 0 Å². The number of hydrogen-bond acceptors (Lipinski definition) is 1. The minimum atomic E-state index is -0.481. The Morgan fingerprint density at radius 3 is 2.08 bits per heavy atom. The molecule has 60 valence electrons. The van der Waals surface area contributed by atoms with Crippen LogP contribution in [0, 0.1) is 37.0 Å². The fourth-order valence-electron chi connectivity index (χ4n) is 0.686. The number of amides is 1. The molecule has 0 bridgehead atoms. The van der Waals surface area contributed by atoms with E-state index in [0.29, 0.717) is 12.8 Å². The normalized spacial score (nSPS) is 7.83. The summed E-state index contributed by atoms with van der Waals surface area (Å²) >= 11 is 0. The molecule has 0 fully saturated rings. The fraction of sp³-hybridized carbons (Fsp3) is 0.300. The zero-order chi connectivity index (χ0) is 9.40. The van der Waals surface area contributed by atoms with E-state index in [1.165, 1.54) is 0 Å². The summed E-state index contributed by atoms with van der Waals surface area (Å²) in [6, 6.07) is -0.205. The number of hydrogen-bond donors (Lipinski definition) is 1. The summed E-state index contributed by atoms with van der Waals surface area (Å²) in [5, 5.41) is 2.51. The maximum atomic E-state index is 10.7. The monoisotopic (exact) mass is 159 g/mol. The molecule has 0 spiro atoms. The first-order valence-electron chi connectivity index (χ1n) is 3.38. The predicted octanol–water partition coefficient (Wildman–Crippen LogP) is 0.151. The SMILES string of the molecule is C#CCC(CC#C)NC(=O)C#C. The number of nitrogens with one attached hydrogen (secondary N) is 1. The molecule has 0 saturated carbocycles. The Kier molecular flexibility index (Phi) is 4.99. The Hall–Kier alpha value is -1.85. The van der Waals surface area contributed by atoms with Gasteiger partial charge in [-0.25, -0.2) is 0 Å². The number of carbonyl (C=O) groups excluding carboxylic acids is 1. The van der Waals surface area contributed by atoms with E-state index >= 15 is 0 Å². The molecule has 0 rings (SSSR count). The molecule has 0 unspecified atom stereocenters. The molecule has 0 aliphatic heterocycles. The van der Waals surface area contributed by atoms with Crippen molar-refractivity contribution in [3.05, 3.63) is 0 Å². The van der Waals surface area contributed by atoms with E-state index in [0.717, 1.165) is 0 Å². The van der Waals surface area contributed by atoms with Gasteiger partial charge in [0.1, 0.15) is 0 Å². The first-order valence-corrected chi connectivity index (χ1v) is 3.38. The van der Waals surface area contributed by atoms with Crippen LogP contribution in [0.1, 0.15) is 12.8 Å². The number of terminal acetylenes is 3. The molecule has 12 heavy (non-hydrogen) atoms. The van der Waals surface area contributed by atoms with Crippen molar-refractivity contribution in [2.45, 2.75) is 18.9 Å². The van der Waals surface area contributed by atoms with Crippen LogP contribution in [0.5, 0.6) is 0 Å². The molecule has 0 aromatic carbocycles. The van der Waals surface area contributed by atoms with Crippen molar-refractivity contribution in [2.24, 2.45) is 0 Å². The second-order valence-corrected chi connectivity index (χ2v) is 2.13. The van der Waals surface area contributed by atoms with Crippen LogP contribution in [0.3, 0.4) is 0 Å². The topological polar surface area (TPSA) is 29.1 Å². The smallest absolute Gasteiger partial charge is 0.295 e. The van der Waals surface area contributed by atoms with E-state index < -0.39 is 5.91 Å². The average molecular weight is 159 g/mol. The zero-order valence-corrected chi connectivity index (χ0v) is 6.63. The van der Waals surface area contributed by atoms with Gasteiger partial charge in [0.25, 0.3) is 5.91 Å². The molecule has 0 saturated heterocycles. The quantitative estimate of drug-likeness (QED) is 0.583. The van der Waals surface area contributed by atoms with Crippen LogP contribution in [-0.4, -0.2) is 11.9 Å². The molecule has 1 amide bonds. The van der Waals surface area contributed by atoms with Gasteiger partial charge in [-0.05, 0) is 5.92 Å². The maximum Gasteiger partial charge on any atom is 0.295 e. The Balaban J connectivity index is 4.00. The third-order valence-corrected chi connectivity index (χ3v) is 1.19. The van der Waals surface area contributed by atoms with Crippen molar-refractivity contribution in [1.29, 1.82) is 0 Å². The summed E-state index contributed by atoms with van der Waals surface area (Å²) in [6.45, 7) is 0. The summed E-state index contributed by atoms with van der Waals surface area (Å²) in [6.07, 6.45) is 15.8. The number of carbonyl (C=O) groups is 1. The predicted molar refractivity (Wildman–Crippen MR) is 47.7 cm³/mol. The van der Waals surface area contributed by atoms with E-state index in [1.807, 2.05) is 5.92 Å². The molecule has 0 heterocycles. The number of rotatable bonds is 3. The van der Waals surface area contributed by atoms with Crippen molar-refractivity contribution >= 4 is 5.91 Å². The molecule has 0 atom stereocenters. The van der Waals surface area contributed by atoms with E-state index in [1.54, 1.807) is 0 Å². The van der Waals surface area contributed by atoms with Crippen LogP contribution in [0.2, 0.25) is 0 Å². The van der Waals surface area contributed by atoms with Gasteiger partial charge in [0.05, 0.1) is 6.04 Å². The van der Waals surface area contributed by atoms with Crippen LogP contribution >= 0.6 is 0 Å². The maximum absolute atomic E-state index is 10.7. The van der Waals surface area contributed by atoms with Crippen molar-refractivity contribution in [3.63, 3.8) is 0 Å². The minimum absolute atomic E-state index is 0.205. The standard InChI is InChI=1S/C10H9NO/c1-4-7-9(8-5-2)11-10(12)6-3/h1-3,9H,7-8H2,(H,11,12). The second-order valence-electron chi connectivity index (χ2n) is 2.13. The molecule has 0 aliphatic rings. The zero-order valence-electron chi connectivity index (χ0n) is 6.63. The van der Waals surface area contributed by atoms with Crippen LogP contribution < -0.4 is 5.32 Å². The fourth-order valence-corrected chi connectivity index (χ4v) is 0.686. The summed E-state index contributed by atoms with van der Waals surface area (Å²) < 4.78 is 0. The van der Waals surface area contributed by atoms with Crippen LogP contribution in [0.4, 0.5) is 0 Å². The van der Waals surface area contributed by atoms with E-state index in [-0.39, 0.29) is 6.04 Å². The molecule has 1 N–H and O–H groups in total. The second kappa shape index (κ2) is 5.90. The van der Waals surface area contributed by atoms with Crippen LogP contribution in [-0.2, 0) is 4.79 Å². The van der Waals surface area contributed by atoms with E-state index in [4.69, 9.17) is 19.3 Å². The lowest BCUT2D eigenvalue weighted by Gasteiger charge is -2.10. The third-order valence-electron chi connectivity index (χ3n) is 1.19. The summed E-state index contributed by atoms with van der Waals surface area (Å²) in [7, 11) is 0. The highest BCUT2D eigenvalue weighted by molar-refractivity contribution is 5.93. The Morgan fingerprint density at radius 1 is 1.25 bits per heavy atom. The molecule has 0 aromatic heterocycles. The van der Waals surface area contributed by atoms with Crippen LogP contribution in [0.15, 0.2) is 0 Å². The van der Waals surface area contributed by atoms with E-state index in [9.17, 15) is 4.79 Å². The first-order chi connectivity index (χ1) is 5.74. The first kappa shape index (κ1) is 10.2. The van der Waals surface area contributed by atoms with Gasteiger partial charge < -0.3 is 5.32 Å². The minimum Gasteiger partial charge on any atom is -0.341 e. The molecular weight excluding hydrogens is 150 g/mol. The lowest BCUT2D eigenvalue weighted by atomic mass is 10.1. The molecular formula is C10H9NO. The molecule has 0 radical (unpaired) electrons. The Bertz CT molecular complexity index is 256. The lowest BCUT2D eigenvalue weighted by Crippen LogP contribution is -2.33. The largest absolute Gasteiger partial charge is 0.341 e. The molecule has 0 aliphatic carbocycles. The van der Waals surface area contributed by atoms with Gasteiger partial charge in [-0.1, -0.05) is 0 Å². The van der Waals surface area contributed by atoms with Crippen molar-refractivity contribution < 1.29 is 4.79 Å². The van der Waals surface area contributed by atoms with Gasteiger partial charge in [0.15, 0.2) is 0 Å². The molecule has 0 aromatic rings.